The molecule has 1 aliphatic carbocycles. The van der Waals surface area contributed by atoms with Crippen LogP contribution in [0, 0.1) is 5.92 Å². The van der Waals surface area contributed by atoms with Gasteiger partial charge in [-0.2, -0.15) is 4.98 Å². The summed E-state index contributed by atoms with van der Waals surface area (Å²) in [4.78, 5) is 37.2. The summed E-state index contributed by atoms with van der Waals surface area (Å²) in [6.07, 6.45) is 6.16. The molecule has 0 radical (unpaired) electrons. The summed E-state index contributed by atoms with van der Waals surface area (Å²) in [5, 5.41) is 3.51. The minimum absolute atomic E-state index is 0.0351. The molecule has 0 aliphatic heterocycles. The summed E-state index contributed by atoms with van der Waals surface area (Å²) in [6, 6.07) is 7.22. The fourth-order valence-electron chi connectivity index (χ4n) is 3.53. The highest BCUT2D eigenvalue weighted by atomic mass is 35.5. The fraction of sp³-hybridized carbons (Fsp3) is 0.364. The number of rotatable bonds is 9. The lowest BCUT2D eigenvalue weighted by Crippen LogP contribution is -2.37. The summed E-state index contributed by atoms with van der Waals surface area (Å²) in [7, 11) is 1.42. The van der Waals surface area contributed by atoms with Gasteiger partial charge in [0.15, 0.2) is 5.78 Å². The van der Waals surface area contributed by atoms with Crippen LogP contribution in [0.1, 0.15) is 31.2 Å². The summed E-state index contributed by atoms with van der Waals surface area (Å²) < 4.78 is 5.92. The number of nitrogens with one attached hydrogen (secondary N) is 2. The third-order valence-corrected chi connectivity index (χ3v) is 5.32. The highest BCUT2D eigenvalue weighted by molar-refractivity contribution is 6.31. The summed E-state index contributed by atoms with van der Waals surface area (Å²) in [5.41, 5.74) is 3.11. The highest BCUT2D eigenvalue weighted by Gasteiger charge is 2.28. The average Bonchev–Trinajstić information content (AvgIpc) is 2.77. The zero-order chi connectivity index (χ0) is 22.2. The molecule has 2 atom stereocenters. The number of carbonyl (C=O) groups is 2. The molecule has 1 amide bonds. The van der Waals surface area contributed by atoms with Gasteiger partial charge in [0, 0.05) is 23.9 Å². The van der Waals surface area contributed by atoms with Crippen LogP contribution in [0.3, 0.4) is 0 Å². The molecule has 1 aromatic carbocycles. The van der Waals surface area contributed by atoms with E-state index in [1.807, 2.05) is 6.07 Å². The Hall–Kier alpha value is -2.97. The van der Waals surface area contributed by atoms with Gasteiger partial charge < -0.3 is 10.1 Å². The number of ether oxygens (including phenoxy) is 1. The Morgan fingerprint density at radius 2 is 2.13 bits per heavy atom. The molecule has 1 saturated carbocycles. The van der Waals surface area contributed by atoms with Crippen molar-refractivity contribution in [1.29, 1.82) is 0 Å². The smallest absolute Gasteiger partial charge is 0.246 e. The molecule has 1 fully saturated rings. The van der Waals surface area contributed by atoms with Crippen LogP contribution in [-0.2, 0) is 20.8 Å². The fourth-order valence-corrected chi connectivity index (χ4v) is 3.66. The van der Waals surface area contributed by atoms with E-state index in [1.54, 1.807) is 18.2 Å². The van der Waals surface area contributed by atoms with Crippen molar-refractivity contribution in [1.82, 2.24) is 15.4 Å². The van der Waals surface area contributed by atoms with Crippen LogP contribution in [-0.4, -0.2) is 34.8 Å². The number of benzene rings is 1. The lowest BCUT2D eigenvalue weighted by molar-refractivity contribution is -0.136. The van der Waals surface area contributed by atoms with Crippen LogP contribution in [0.4, 0.5) is 5.95 Å². The number of para-hydroxylation sites is 1. The van der Waals surface area contributed by atoms with Gasteiger partial charge in [-0.25, -0.2) is 10.5 Å². The van der Waals surface area contributed by atoms with E-state index in [0.717, 1.165) is 19.3 Å². The summed E-state index contributed by atoms with van der Waals surface area (Å²) in [5.74, 6) is 0.651. The van der Waals surface area contributed by atoms with E-state index in [2.05, 4.69) is 27.3 Å². The molecule has 2 aromatic rings. The zero-order valence-electron chi connectivity index (χ0n) is 17.3. The molecule has 1 heterocycles. The maximum atomic E-state index is 12.1. The first kappa shape index (κ1) is 22.7. The molecule has 9 heteroatoms. The molecule has 2 N–H and O–H groups in total. The topological polar surface area (TPSA) is 102 Å². The van der Waals surface area contributed by atoms with Gasteiger partial charge >= 0.3 is 0 Å². The van der Waals surface area contributed by atoms with Crippen molar-refractivity contribution in [3.05, 3.63) is 53.7 Å². The zero-order valence-corrected chi connectivity index (χ0v) is 18.0. The van der Waals surface area contributed by atoms with Gasteiger partial charge in [0.05, 0.1) is 13.3 Å². The summed E-state index contributed by atoms with van der Waals surface area (Å²) in [6.45, 7) is 3.51. The van der Waals surface area contributed by atoms with Gasteiger partial charge in [-0.15, -0.1) is 0 Å². The third-order valence-electron chi connectivity index (χ3n) is 5.06. The van der Waals surface area contributed by atoms with E-state index < -0.39 is 0 Å². The number of amides is 1. The Morgan fingerprint density at radius 3 is 2.90 bits per heavy atom. The minimum Gasteiger partial charge on any atom is -0.437 e. The second kappa shape index (κ2) is 10.9. The number of hydrogen-bond donors (Lipinski definition) is 2. The Balaban J connectivity index is 1.72. The standard InChI is InChI=1S/C22H25ClN4O4/c1-3-17(28)12-14-7-4-5-10-19(14)31-21-18(23)13-24-22(26-21)25-16-9-6-8-15(11-16)20(29)27-30-2/h3-5,7,10,13,15-16H,1,6,8-9,11-12H2,2H3,(H,27,29)(H,24,25,26). The number of ketones is 1. The quantitative estimate of drug-likeness (QED) is 0.447. The normalized spacial score (nSPS) is 18.1. The molecular weight excluding hydrogens is 420 g/mol. The largest absolute Gasteiger partial charge is 0.437 e. The predicted octanol–water partition coefficient (Wildman–Crippen LogP) is 3.87. The lowest BCUT2D eigenvalue weighted by Gasteiger charge is -2.28. The van der Waals surface area contributed by atoms with Crippen LogP contribution in [0.5, 0.6) is 11.6 Å². The van der Waals surface area contributed by atoms with E-state index >= 15 is 0 Å². The number of hydrogen-bond acceptors (Lipinski definition) is 7. The number of aromatic nitrogens is 2. The molecule has 1 aromatic heterocycles. The monoisotopic (exact) mass is 444 g/mol. The first-order valence-electron chi connectivity index (χ1n) is 10.0. The van der Waals surface area contributed by atoms with Crippen molar-refractivity contribution in [2.75, 3.05) is 12.4 Å². The number of hydroxylamine groups is 1. The SMILES string of the molecule is C=CC(=O)Cc1ccccc1Oc1nc(NC2CCCC(C(=O)NOC)C2)ncc1Cl. The minimum atomic E-state index is -0.136. The van der Waals surface area contributed by atoms with Gasteiger partial charge in [-0.1, -0.05) is 42.8 Å². The summed E-state index contributed by atoms with van der Waals surface area (Å²) >= 11 is 6.25. The van der Waals surface area contributed by atoms with Crippen molar-refractivity contribution in [3.8, 4) is 11.6 Å². The number of anilines is 1. The number of allylic oxidation sites excluding steroid dienone is 1. The van der Waals surface area contributed by atoms with Crippen LogP contribution < -0.4 is 15.5 Å². The second-order valence-electron chi connectivity index (χ2n) is 7.28. The third kappa shape index (κ3) is 6.26. The molecule has 0 bridgehead atoms. The van der Waals surface area contributed by atoms with E-state index in [-0.39, 0.29) is 41.0 Å². The highest BCUT2D eigenvalue weighted by Crippen LogP contribution is 2.31. The van der Waals surface area contributed by atoms with Crippen molar-refractivity contribution in [2.24, 2.45) is 5.92 Å². The van der Waals surface area contributed by atoms with E-state index in [0.29, 0.717) is 23.7 Å². The average molecular weight is 445 g/mol. The van der Waals surface area contributed by atoms with Crippen LogP contribution in [0.25, 0.3) is 0 Å². The Morgan fingerprint density at radius 1 is 1.32 bits per heavy atom. The van der Waals surface area contributed by atoms with E-state index in [4.69, 9.17) is 21.2 Å². The van der Waals surface area contributed by atoms with Crippen molar-refractivity contribution in [2.45, 2.75) is 38.1 Å². The molecule has 3 rings (SSSR count). The number of carbonyl (C=O) groups excluding carboxylic acids is 2. The number of nitrogens with zero attached hydrogens (tertiary/aromatic N) is 2. The molecule has 0 spiro atoms. The molecule has 8 nitrogen and oxygen atoms in total. The predicted molar refractivity (Wildman–Crippen MR) is 117 cm³/mol. The first-order valence-corrected chi connectivity index (χ1v) is 10.4. The van der Waals surface area contributed by atoms with Crippen LogP contribution in [0.15, 0.2) is 43.1 Å². The Kier molecular flexibility index (Phi) is 7.97. The van der Waals surface area contributed by atoms with Crippen LogP contribution in [0.2, 0.25) is 5.02 Å². The maximum Gasteiger partial charge on any atom is 0.246 e. The van der Waals surface area contributed by atoms with Gasteiger partial charge in [0.1, 0.15) is 10.8 Å². The Labute approximate surface area is 186 Å². The second-order valence-corrected chi connectivity index (χ2v) is 7.69. The molecule has 164 valence electrons. The molecule has 31 heavy (non-hydrogen) atoms. The van der Waals surface area contributed by atoms with Gasteiger partial charge in [0.25, 0.3) is 0 Å². The van der Waals surface area contributed by atoms with E-state index in [1.165, 1.54) is 19.4 Å². The van der Waals surface area contributed by atoms with E-state index in [9.17, 15) is 9.59 Å². The van der Waals surface area contributed by atoms with Gasteiger partial charge in [0.2, 0.25) is 17.7 Å². The van der Waals surface area contributed by atoms with Crippen molar-refractivity contribution < 1.29 is 19.2 Å². The lowest BCUT2D eigenvalue weighted by atomic mass is 9.85. The molecule has 1 aliphatic rings. The Bertz CT molecular complexity index is 953. The van der Waals surface area contributed by atoms with Crippen LogP contribution >= 0.6 is 11.6 Å². The van der Waals surface area contributed by atoms with Gasteiger partial charge in [-0.05, 0) is 31.4 Å². The van der Waals surface area contributed by atoms with Gasteiger partial charge in [-0.3, -0.25) is 14.4 Å². The maximum absolute atomic E-state index is 12.1. The molecule has 0 saturated heterocycles. The van der Waals surface area contributed by atoms with Crippen molar-refractivity contribution in [3.63, 3.8) is 0 Å². The van der Waals surface area contributed by atoms with Crippen molar-refractivity contribution >= 4 is 29.2 Å². The number of halogens is 1. The molecular formula is C22H25ClN4O4. The first-order chi connectivity index (χ1) is 15.0. The molecule has 2 unspecified atom stereocenters.